The van der Waals surface area contributed by atoms with E-state index in [-0.39, 0.29) is 5.78 Å². The lowest BCUT2D eigenvalue weighted by Gasteiger charge is -1.94. The van der Waals surface area contributed by atoms with Crippen LogP contribution in [0.15, 0.2) is 12.1 Å². The summed E-state index contributed by atoms with van der Waals surface area (Å²) in [6.45, 7) is 0. The molecule has 0 saturated heterocycles. The second-order valence-corrected chi connectivity index (χ2v) is 6.09. The molecule has 0 unspecified atom stereocenters. The maximum atomic E-state index is 12.4. The minimum absolute atomic E-state index is 0.0319. The lowest BCUT2D eigenvalue weighted by molar-refractivity contribution is 0.104. The highest BCUT2D eigenvalue weighted by molar-refractivity contribution is 7.18. The van der Waals surface area contributed by atoms with Crippen LogP contribution in [0.3, 0.4) is 0 Å². The van der Waals surface area contributed by atoms with E-state index in [0.717, 1.165) is 24.0 Å². The van der Waals surface area contributed by atoms with Crippen LogP contribution in [0.1, 0.15) is 35.4 Å². The van der Waals surface area contributed by atoms with Crippen molar-refractivity contribution in [2.24, 2.45) is 0 Å². The van der Waals surface area contributed by atoms with Crippen LogP contribution in [-0.2, 0) is 12.8 Å². The Kier molecular flexibility index (Phi) is 2.52. The first-order valence-electron chi connectivity index (χ1n) is 5.33. The van der Waals surface area contributed by atoms with Gasteiger partial charge in [0.1, 0.15) is 21.9 Å². The number of hydrogen-bond donors (Lipinski definition) is 0. The minimum Gasteiger partial charge on any atom is -0.287 e. The summed E-state index contributed by atoms with van der Waals surface area (Å²) in [5.41, 5.74) is 1.92. The van der Waals surface area contributed by atoms with Gasteiger partial charge in [-0.25, -0.2) is 0 Å². The summed E-state index contributed by atoms with van der Waals surface area (Å²) in [6.07, 6.45) is 1.52. The first-order valence-corrected chi connectivity index (χ1v) is 6.96. The highest BCUT2D eigenvalue weighted by Crippen LogP contribution is 2.34. The van der Waals surface area contributed by atoms with E-state index < -0.39 is 0 Å². The molecule has 0 bridgehead atoms. The smallest absolute Gasteiger partial charge is 0.213 e. The molecule has 0 aromatic carbocycles. The summed E-state index contributed by atoms with van der Waals surface area (Å²) >= 11 is 2.50. The van der Waals surface area contributed by atoms with E-state index in [4.69, 9.17) is 10.5 Å². The lowest BCUT2D eigenvalue weighted by atomic mass is 10.1. The first kappa shape index (κ1) is 11.2. The second kappa shape index (κ2) is 4.06. The zero-order chi connectivity index (χ0) is 12.7. The Bertz CT molecular complexity index is 678. The predicted octanol–water partition coefficient (Wildman–Crippen LogP) is 2.88. The first-order chi connectivity index (χ1) is 8.72. The van der Waals surface area contributed by atoms with Gasteiger partial charge in [0, 0.05) is 0 Å². The Hall–Kier alpha value is -1.95. The number of hydrogen-bond acceptors (Lipinski definition) is 5. The number of nitriles is 2. The van der Waals surface area contributed by atoms with Crippen LogP contribution in [0.5, 0.6) is 0 Å². The van der Waals surface area contributed by atoms with Gasteiger partial charge in [-0.05, 0) is 36.1 Å². The summed E-state index contributed by atoms with van der Waals surface area (Å²) in [4.78, 5) is 14.9. The van der Waals surface area contributed by atoms with Crippen molar-refractivity contribution >= 4 is 28.5 Å². The van der Waals surface area contributed by atoms with Gasteiger partial charge in [0.25, 0.3) is 0 Å². The van der Waals surface area contributed by atoms with Crippen LogP contribution in [-0.4, -0.2) is 5.78 Å². The summed E-state index contributed by atoms with van der Waals surface area (Å²) in [6, 6.07) is 7.78. The van der Waals surface area contributed by atoms with Gasteiger partial charge in [0.15, 0.2) is 0 Å². The van der Waals surface area contributed by atoms with Crippen molar-refractivity contribution in [1.29, 1.82) is 10.5 Å². The lowest BCUT2D eigenvalue weighted by Crippen LogP contribution is -1.97. The van der Waals surface area contributed by atoms with E-state index in [1.807, 2.05) is 0 Å². The fraction of sp³-hybridized carbons (Fsp3) is 0.154. The molecule has 0 saturated carbocycles. The number of fused-ring (bicyclic) bond motifs is 2. The van der Waals surface area contributed by atoms with Crippen LogP contribution >= 0.6 is 22.7 Å². The van der Waals surface area contributed by atoms with Gasteiger partial charge < -0.3 is 0 Å². The molecule has 3 nitrogen and oxygen atoms in total. The largest absolute Gasteiger partial charge is 0.287 e. The van der Waals surface area contributed by atoms with Crippen molar-refractivity contribution in [3.05, 3.63) is 42.8 Å². The number of thiophene rings is 2. The summed E-state index contributed by atoms with van der Waals surface area (Å²) in [7, 11) is 0. The van der Waals surface area contributed by atoms with Gasteiger partial charge in [-0.2, -0.15) is 10.5 Å². The third-order valence-corrected chi connectivity index (χ3v) is 5.08. The molecule has 5 heteroatoms. The zero-order valence-electron chi connectivity index (χ0n) is 9.19. The number of aryl methyl sites for hydroxylation is 2. The molecule has 0 amide bonds. The predicted molar refractivity (Wildman–Crippen MR) is 68.9 cm³/mol. The maximum Gasteiger partial charge on any atom is 0.213 e. The Morgan fingerprint density at radius 2 is 1.39 bits per heavy atom. The number of nitrogens with zero attached hydrogens (tertiary/aromatic N) is 2. The van der Waals surface area contributed by atoms with Crippen molar-refractivity contribution in [3.8, 4) is 12.1 Å². The van der Waals surface area contributed by atoms with Crippen molar-refractivity contribution in [1.82, 2.24) is 0 Å². The van der Waals surface area contributed by atoms with Crippen molar-refractivity contribution in [3.63, 3.8) is 0 Å². The molecule has 0 aliphatic heterocycles. The van der Waals surface area contributed by atoms with Gasteiger partial charge in [-0.1, -0.05) is 0 Å². The van der Waals surface area contributed by atoms with Crippen LogP contribution in [0.4, 0.5) is 0 Å². The fourth-order valence-corrected chi connectivity index (χ4v) is 4.07. The molecule has 0 atom stereocenters. The van der Waals surface area contributed by atoms with E-state index in [1.165, 1.54) is 22.7 Å². The summed E-state index contributed by atoms with van der Waals surface area (Å²) in [5.74, 6) is -0.0319. The number of rotatable bonds is 0. The molecule has 0 spiro atoms. The van der Waals surface area contributed by atoms with Crippen LogP contribution in [0.2, 0.25) is 0 Å². The van der Waals surface area contributed by atoms with Gasteiger partial charge in [0.2, 0.25) is 5.78 Å². The van der Waals surface area contributed by atoms with Crippen molar-refractivity contribution in [2.75, 3.05) is 0 Å². The molecular formula is C13H6N2OS2. The standard InChI is InChI=1S/C13H6N2OS2/c14-5-9-3-7-1-2-8-4-10(6-15)18-13(8)11(16)12(7)17-9/h3-4H,1-2H2. The average Bonchev–Trinajstić information content (AvgIpc) is 2.97. The number of ketones is 1. The SMILES string of the molecule is N#Cc1cc2c(s1)C(=O)c1sc(C#N)cc1CC2. The Morgan fingerprint density at radius 1 is 0.944 bits per heavy atom. The van der Waals surface area contributed by atoms with Crippen LogP contribution < -0.4 is 0 Å². The minimum atomic E-state index is -0.0319. The van der Waals surface area contributed by atoms with E-state index in [0.29, 0.717) is 19.5 Å². The van der Waals surface area contributed by atoms with Crippen LogP contribution in [0.25, 0.3) is 0 Å². The number of carbonyl (C=O) groups is 1. The molecule has 0 fully saturated rings. The van der Waals surface area contributed by atoms with Gasteiger partial charge in [-0.3, -0.25) is 4.79 Å². The van der Waals surface area contributed by atoms with E-state index in [9.17, 15) is 4.79 Å². The second-order valence-electron chi connectivity index (χ2n) is 3.98. The van der Waals surface area contributed by atoms with Crippen molar-refractivity contribution < 1.29 is 4.79 Å². The van der Waals surface area contributed by atoms with Crippen molar-refractivity contribution in [2.45, 2.75) is 12.8 Å². The van der Waals surface area contributed by atoms with Gasteiger partial charge in [-0.15, -0.1) is 22.7 Å². The van der Waals surface area contributed by atoms with Crippen LogP contribution in [0, 0.1) is 22.7 Å². The molecule has 2 aromatic heterocycles. The summed E-state index contributed by atoms with van der Waals surface area (Å²) in [5, 5.41) is 17.8. The Balaban J connectivity index is 2.16. The van der Waals surface area contributed by atoms with Gasteiger partial charge >= 0.3 is 0 Å². The Labute approximate surface area is 112 Å². The quantitative estimate of drug-likeness (QED) is 0.739. The number of carbonyl (C=O) groups excluding carboxylic acids is 1. The molecule has 1 aliphatic carbocycles. The fourth-order valence-electron chi connectivity index (χ4n) is 2.10. The van der Waals surface area contributed by atoms with E-state index >= 15 is 0 Å². The molecule has 2 heterocycles. The highest BCUT2D eigenvalue weighted by Gasteiger charge is 2.26. The molecule has 0 radical (unpaired) electrons. The topological polar surface area (TPSA) is 64.7 Å². The molecule has 0 N–H and O–H groups in total. The molecule has 3 rings (SSSR count). The average molecular weight is 270 g/mol. The molecule has 18 heavy (non-hydrogen) atoms. The van der Waals surface area contributed by atoms with E-state index in [2.05, 4.69) is 12.1 Å². The normalized spacial score (nSPS) is 13.1. The maximum absolute atomic E-state index is 12.4. The third kappa shape index (κ3) is 1.57. The molecular weight excluding hydrogens is 264 g/mol. The summed E-state index contributed by atoms with van der Waals surface area (Å²) < 4.78 is 0. The van der Waals surface area contributed by atoms with Gasteiger partial charge in [0.05, 0.1) is 9.75 Å². The Morgan fingerprint density at radius 3 is 1.78 bits per heavy atom. The third-order valence-electron chi connectivity index (χ3n) is 2.91. The molecule has 86 valence electrons. The van der Waals surface area contributed by atoms with E-state index in [1.54, 1.807) is 12.1 Å². The monoisotopic (exact) mass is 270 g/mol. The zero-order valence-corrected chi connectivity index (χ0v) is 10.8. The highest BCUT2D eigenvalue weighted by atomic mass is 32.1. The molecule has 1 aliphatic rings. The molecule has 2 aromatic rings.